The van der Waals surface area contributed by atoms with E-state index in [4.69, 9.17) is 12.2 Å². The van der Waals surface area contributed by atoms with Crippen molar-refractivity contribution in [3.05, 3.63) is 84.2 Å². The van der Waals surface area contributed by atoms with E-state index in [9.17, 15) is 0 Å². The van der Waals surface area contributed by atoms with Crippen molar-refractivity contribution in [1.82, 2.24) is 24.8 Å². The molecule has 5 nitrogen and oxygen atoms in total. The topological polar surface area (TPSA) is 46.0 Å². The van der Waals surface area contributed by atoms with Gasteiger partial charge in [0.25, 0.3) is 0 Å². The van der Waals surface area contributed by atoms with E-state index in [-0.39, 0.29) is 12.1 Å². The van der Waals surface area contributed by atoms with Gasteiger partial charge in [0, 0.05) is 30.8 Å². The molecule has 0 spiro atoms. The van der Waals surface area contributed by atoms with Crippen LogP contribution < -0.4 is 5.32 Å². The lowest BCUT2D eigenvalue weighted by Gasteiger charge is -2.30. The summed E-state index contributed by atoms with van der Waals surface area (Å²) in [6, 6.07) is 16.5. The Bertz CT molecular complexity index is 922. The monoisotopic (exact) mass is 391 g/mol. The van der Waals surface area contributed by atoms with E-state index in [1.807, 2.05) is 36.7 Å². The third-order valence-corrected chi connectivity index (χ3v) is 5.34. The molecule has 2 atom stereocenters. The fourth-order valence-corrected chi connectivity index (χ4v) is 4.14. The predicted octanol–water partition coefficient (Wildman–Crippen LogP) is 3.95. The molecule has 0 bridgehead atoms. The quantitative estimate of drug-likeness (QED) is 0.645. The van der Waals surface area contributed by atoms with Crippen LogP contribution in [0.3, 0.4) is 0 Å². The molecule has 1 fully saturated rings. The van der Waals surface area contributed by atoms with Crippen molar-refractivity contribution < 1.29 is 0 Å². The summed E-state index contributed by atoms with van der Waals surface area (Å²) in [6.45, 7) is 6.08. The van der Waals surface area contributed by atoms with E-state index in [0.29, 0.717) is 5.92 Å². The number of aromatic nitrogens is 3. The summed E-state index contributed by atoms with van der Waals surface area (Å²) in [5.41, 5.74) is 3.26. The van der Waals surface area contributed by atoms with Crippen LogP contribution in [0.25, 0.3) is 0 Å². The summed E-state index contributed by atoms with van der Waals surface area (Å²) >= 11 is 5.73. The summed E-state index contributed by atoms with van der Waals surface area (Å²) in [6.07, 6.45) is 5.80. The van der Waals surface area contributed by atoms with Crippen LogP contribution in [0, 0.1) is 5.92 Å². The molecule has 1 saturated heterocycles. The van der Waals surface area contributed by atoms with E-state index in [2.05, 4.69) is 69.1 Å². The Hall–Kier alpha value is -2.73. The van der Waals surface area contributed by atoms with E-state index < -0.39 is 0 Å². The molecule has 4 rings (SSSR count). The van der Waals surface area contributed by atoms with Crippen molar-refractivity contribution in [3.63, 3.8) is 0 Å². The molecule has 144 valence electrons. The van der Waals surface area contributed by atoms with Crippen LogP contribution >= 0.6 is 12.2 Å². The third kappa shape index (κ3) is 3.78. The van der Waals surface area contributed by atoms with E-state index in [0.717, 1.165) is 29.6 Å². The maximum absolute atomic E-state index is 5.73. The molecule has 0 amide bonds. The average Bonchev–Trinajstić information content (AvgIpc) is 3.27. The van der Waals surface area contributed by atoms with E-state index in [1.165, 1.54) is 5.69 Å². The SMILES string of the molecule is CC(C)CN1C(=S)N[C@@H](c2ccccn2)[C@@H]1c1cccn1Cc1ccccn1. The Morgan fingerprint density at radius 2 is 1.82 bits per heavy atom. The van der Waals surface area contributed by atoms with Crippen LogP contribution in [0.15, 0.2) is 67.1 Å². The second-order valence-corrected chi connectivity index (χ2v) is 7.94. The fourth-order valence-electron chi connectivity index (χ4n) is 3.82. The van der Waals surface area contributed by atoms with Crippen molar-refractivity contribution in [3.8, 4) is 0 Å². The van der Waals surface area contributed by atoms with Crippen LogP contribution in [-0.2, 0) is 6.54 Å². The van der Waals surface area contributed by atoms with Crippen LogP contribution in [0.5, 0.6) is 0 Å². The van der Waals surface area contributed by atoms with Gasteiger partial charge in [-0.2, -0.15) is 0 Å². The van der Waals surface area contributed by atoms with Crippen LogP contribution in [0.4, 0.5) is 0 Å². The smallest absolute Gasteiger partial charge is 0.170 e. The van der Waals surface area contributed by atoms with Gasteiger partial charge in [-0.05, 0) is 54.5 Å². The second kappa shape index (κ2) is 8.10. The fraction of sp³-hybridized carbons (Fsp3) is 0.318. The number of hydrogen-bond acceptors (Lipinski definition) is 3. The first-order valence-electron chi connectivity index (χ1n) is 9.66. The maximum atomic E-state index is 5.73. The van der Waals surface area contributed by atoms with Crippen molar-refractivity contribution in [1.29, 1.82) is 0 Å². The minimum Gasteiger partial charge on any atom is -0.352 e. The van der Waals surface area contributed by atoms with Gasteiger partial charge in [-0.25, -0.2) is 0 Å². The number of nitrogens with one attached hydrogen (secondary N) is 1. The van der Waals surface area contributed by atoms with Gasteiger partial charge in [0.2, 0.25) is 0 Å². The highest BCUT2D eigenvalue weighted by atomic mass is 32.1. The molecule has 1 N–H and O–H groups in total. The zero-order valence-corrected chi connectivity index (χ0v) is 17.0. The van der Waals surface area contributed by atoms with E-state index in [1.54, 1.807) is 0 Å². The van der Waals surface area contributed by atoms with Gasteiger partial charge in [0.05, 0.1) is 30.0 Å². The molecule has 0 radical (unpaired) electrons. The van der Waals surface area contributed by atoms with Crippen molar-refractivity contribution in [2.75, 3.05) is 6.54 Å². The molecular weight excluding hydrogens is 366 g/mol. The highest BCUT2D eigenvalue weighted by Gasteiger charge is 2.41. The molecule has 0 aliphatic carbocycles. The van der Waals surface area contributed by atoms with Gasteiger partial charge < -0.3 is 14.8 Å². The van der Waals surface area contributed by atoms with Gasteiger partial charge in [-0.3, -0.25) is 9.97 Å². The number of pyridine rings is 2. The maximum Gasteiger partial charge on any atom is 0.170 e. The Labute approximate surface area is 171 Å². The zero-order chi connectivity index (χ0) is 19.5. The molecule has 4 heterocycles. The number of nitrogens with zero attached hydrogens (tertiary/aromatic N) is 4. The van der Waals surface area contributed by atoms with Gasteiger partial charge in [-0.1, -0.05) is 26.0 Å². The lowest BCUT2D eigenvalue weighted by molar-refractivity contribution is 0.277. The molecule has 6 heteroatoms. The molecule has 28 heavy (non-hydrogen) atoms. The van der Waals surface area contributed by atoms with Crippen LogP contribution in [0.1, 0.15) is 43.0 Å². The molecule has 3 aromatic rings. The van der Waals surface area contributed by atoms with Crippen molar-refractivity contribution in [2.45, 2.75) is 32.5 Å². The van der Waals surface area contributed by atoms with Gasteiger partial charge in [0.15, 0.2) is 5.11 Å². The summed E-state index contributed by atoms with van der Waals surface area (Å²) < 4.78 is 2.27. The molecule has 0 saturated carbocycles. The molecule has 0 aromatic carbocycles. The lowest BCUT2D eigenvalue weighted by atomic mass is 10.0. The minimum absolute atomic E-state index is 0.0184. The Morgan fingerprint density at radius 3 is 2.50 bits per heavy atom. The Balaban J connectivity index is 1.73. The average molecular weight is 392 g/mol. The van der Waals surface area contributed by atoms with Gasteiger partial charge >= 0.3 is 0 Å². The highest BCUT2D eigenvalue weighted by Crippen LogP contribution is 2.39. The minimum atomic E-state index is 0.0184. The lowest BCUT2D eigenvalue weighted by Crippen LogP contribution is -2.33. The summed E-state index contributed by atoms with van der Waals surface area (Å²) in [5, 5.41) is 4.31. The predicted molar refractivity (Wildman–Crippen MR) is 115 cm³/mol. The second-order valence-electron chi connectivity index (χ2n) is 7.55. The summed E-state index contributed by atoms with van der Waals surface area (Å²) in [4.78, 5) is 11.4. The van der Waals surface area contributed by atoms with Crippen molar-refractivity contribution in [2.24, 2.45) is 5.92 Å². The largest absolute Gasteiger partial charge is 0.352 e. The van der Waals surface area contributed by atoms with Crippen LogP contribution in [0.2, 0.25) is 0 Å². The molecule has 1 aliphatic heterocycles. The molecule has 3 aromatic heterocycles. The molecule has 1 aliphatic rings. The standard InChI is InChI=1S/C22H25N5S/c1-16(2)14-27-21(20(25-22(27)28)18-9-4-6-12-24-18)19-10-7-13-26(19)15-17-8-3-5-11-23-17/h3-13,16,20-21H,14-15H2,1-2H3,(H,25,28)/t20-,21-/m0/s1. The van der Waals surface area contributed by atoms with Crippen molar-refractivity contribution >= 4 is 17.3 Å². The number of thiocarbonyl (C=S) groups is 1. The first kappa shape index (κ1) is 18.6. The first-order chi connectivity index (χ1) is 13.6. The normalized spacial score (nSPS) is 19.2. The number of rotatable bonds is 6. The van der Waals surface area contributed by atoms with Crippen LogP contribution in [-0.4, -0.2) is 31.1 Å². The zero-order valence-electron chi connectivity index (χ0n) is 16.2. The molecule has 0 unspecified atom stereocenters. The van der Waals surface area contributed by atoms with Gasteiger partial charge in [0.1, 0.15) is 0 Å². The first-order valence-corrected chi connectivity index (χ1v) is 10.1. The van der Waals surface area contributed by atoms with Gasteiger partial charge in [-0.15, -0.1) is 0 Å². The summed E-state index contributed by atoms with van der Waals surface area (Å²) in [7, 11) is 0. The highest BCUT2D eigenvalue weighted by molar-refractivity contribution is 7.80. The Kier molecular flexibility index (Phi) is 5.39. The molecular formula is C22H25N5S. The number of hydrogen-bond donors (Lipinski definition) is 1. The summed E-state index contributed by atoms with van der Waals surface area (Å²) in [5.74, 6) is 0.504. The third-order valence-electron chi connectivity index (χ3n) is 4.99. The Morgan fingerprint density at radius 1 is 1.04 bits per heavy atom. The van der Waals surface area contributed by atoms with E-state index >= 15 is 0 Å².